The molecule has 0 N–H and O–H groups in total. The van der Waals surface area contributed by atoms with E-state index in [2.05, 4.69) is 15.9 Å². The molecule has 0 saturated heterocycles. The van der Waals surface area contributed by atoms with Crippen LogP contribution in [-0.4, -0.2) is 12.4 Å². The van der Waals surface area contributed by atoms with Gasteiger partial charge in [0.15, 0.2) is 5.78 Å². The van der Waals surface area contributed by atoms with Gasteiger partial charge in [0.1, 0.15) is 22.4 Å². The van der Waals surface area contributed by atoms with E-state index in [-0.39, 0.29) is 12.4 Å². The SMILES string of the molecule is CC(=O)COc1ccc2c(C)c(Br)c(=O)oc2c1. The highest BCUT2D eigenvalue weighted by atomic mass is 79.9. The minimum absolute atomic E-state index is 0.00521. The van der Waals surface area contributed by atoms with Crippen molar-refractivity contribution in [1.82, 2.24) is 0 Å². The Balaban J connectivity index is 2.49. The number of carbonyl (C=O) groups is 1. The summed E-state index contributed by atoms with van der Waals surface area (Å²) in [4.78, 5) is 22.4. The highest BCUT2D eigenvalue weighted by Crippen LogP contribution is 2.26. The largest absolute Gasteiger partial charge is 0.486 e. The van der Waals surface area contributed by atoms with Crippen molar-refractivity contribution < 1.29 is 13.9 Å². The van der Waals surface area contributed by atoms with Crippen LogP contribution in [0.15, 0.2) is 31.9 Å². The molecule has 0 bridgehead atoms. The fourth-order valence-corrected chi connectivity index (χ4v) is 1.88. The molecule has 0 aliphatic heterocycles. The Kier molecular flexibility index (Phi) is 3.52. The lowest BCUT2D eigenvalue weighted by Gasteiger charge is -2.06. The number of ether oxygens (including phenoxy) is 1. The summed E-state index contributed by atoms with van der Waals surface area (Å²) in [6.07, 6.45) is 0. The molecular formula is C13H11BrO4. The van der Waals surface area contributed by atoms with E-state index in [0.29, 0.717) is 15.8 Å². The molecule has 0 spiro atoms. The minimum atomic E-state index is -0.427. The van der Waals surface area contributed by atoms with Crippen molar-refractivity contribution in [3.63, 3.8) is 0 Å². The first kappa shape index (κ1) is 12.8. The van der Waals surface area contributed by atoms with Crippen LogP contribution in [-0.2, 0) is 4.79 Å². The van der Waals surface area contributed by atoms with Gasteiger partial charge in [-0.25, -0.2) is 4.79 Å². The molecule has 0 atom stereocenters. The Hall–Kier alpha value is -1.62. The van der Waals surface area contributed by atoms with Gasteiger partial charge in [0.2, 0.25) is 0 Å². The molecular weight excluding hydrogens is 300 g/mol. The lowest BCUT2D eigenvalue weighted by molar-refractivity contribution is -0.118. The lowest BCUT2D eigenvalue weighted by Crippen LogP contribution is -2.07. The Bertz CT molecular complexity index is 672. The van der Waals surface area contributed by atoms with E-state index in [4.69, 9.17) is 9.15 Å². The smallest absolute Gasteiger partial charge is 0.350 e. The van der Waals surface area contributed by atoms with Gasteiger partial charge in [0.05, 0.1) is 0 Å². The van der Waals surface area contributed by atoms with E-state index >= 15 is 0 Å². The van der Waals surface area contributed by atoms with Crippen molar-refractivity contribution in [3.8, 4) is 5.75 Å². The topological polar surface area (TPSA) is 56.5 Å². The molecule has 1 heterocycles. The second-order valence-electron chi connectivity index (χ2n) is 3.98. The van der Waals surface area contributed by atoms with Crippen molar-refractivity contribution in [2.24, 2.45) is 0 Å². The van der Waals surface area contributed by atoms with Gasteiger partial charge in [-0.05, 0) is 47.5 Å². The van der Waals surface area contributed by atoms with Gasteiger partial charge in [0, 0.05) is 11.5 Å². The van der Waals surface area contributed by atoms with Crippen molar-refractivity contribution in [1.29, 1.82) is 0 Å². The molecule has 0 aliphatic rings. The van der Waals surface area contributed by atoms with Crippen molar-refractivity contribution in [2.45, 2.75) is 13.8 Å². The maximum atomic E-state index is 11.5. The summed E-state index contributed by atoms with van der Waals surface area (Å²) in [6.45, 7) is 3.28. The lowest BCUT2D eigenvalue weighted by atomic mass is 10.1. The maximum absolute atomic E-state index is 11.5. The van der Waals surface area contributed by atoms with Crippen LogP contribution in [0.1, 0.15) is 12.5 Å². The summed E-state index contributed by atoms with van der Waals surface area (Å²) in [6, 6.07) is 5.15. The summed E-state index contributed by atoms with van der Waals surface area (Å²) in [7, 11) is 0. The number of Topliss-reactive ketones (excluding diaryl/α,β-unsaturated/α-hetero) is 1. The van der Waals surface area contributed by atoms with Crippen LogP contribution in [0.2, 0.25) is 0 Å². The molecule has 4 nitrogen and oxygen atoms in total. The molecule has 0 fully saturated rings. The summed E-state index contributed by atoms with van der Waals surface area (Å²) in [5.74, 6) is 0.436. The highest BCUT2D eigenvalue weighted by molar-refractivity contribution is 9.10. The van der Waals surface area contributed by atoms with E-state index < -0.39 is 5.63 Å². The molecule has 2 rings (SSSR count). The summed E-state index contributed by atoms with van der Waals surface area (Å²) in [5.41, 5.74) is 0.838. The molecule has 5 heteroatoms. The minimum Gasteiger partial charge on any atom is -0.486 e. The van der Waals surface area contributed by atoms with Crippen LogP contribution >= 0.6 is 15.9 Å². The van der Waals surface area contributed by atoms with Crippen molar-refractivity contribution in [3.05, 3.63) is 38.7 Å². The Morgan fingerprint density at radius 3 is 2.83 bits per heavy atom. The Labute approximate surface area is 112 Å². The maximum Gasteiger partial charge on any atom is 0.350 e. The predicted molar refractivity (Wildman–Crippen MR) is 71.1 cm³/mol. The Morgan fingerprint density at radius 1 is 1.44 bits per heavy atom. The first-order valence-electron chi connectivity index (χ1n) is 5.34. The molecule has 2 aromatic rings. The molecule has 0 amide bonds. The third kappa shape index (κ3) is 2.46. The first-order chi connectivity index (χ1) is 8.49. The van der Waals surface area contributed by atoms with E-state index in [0.717, 1.165) is 10.9 Å². The number of hydrogen-bond donors (Lipinski definition) is 0. The second kappa shape index (κ2) is 4.94. The van der Waals surface area contributed by atoms with Gasteiger partial charge in [0.25, 0.3) is 0 Å². The fourth-order valence-electron chi connectivity index (χ4n) is 1.59. The third-order valence-corrected chi connectivity index (χ3v) is 3.43. The predicted octanol–water partition coefficient (Wildman–Crippen LogP) is 2.83. The standard InChI is InChI=1S/C13H11BrO4/c1-7(15)6-17-9-3-4-10-8(2)12(14)13(16)18-11(10)5-9/h3-5H,6H2,1-2H3. The molecule has 0 aliphatic carbocycles. The Morgan fingerprint density at radius 2 is 2.17 bits per heavy atom. The summed E-state index contributed by atoms with van der Waals surface area (Å²) >= 11 is 3.19. The highest BCUT2D eigenvalue weighted by Gasteiger charge is 2.09. The summed E-state index contributed by atoms with van der Waals surface area (Å²) in [5, 5.41) is 0.830. The molecule has 1 aromatic carbocycles. The zero-order valence-corrected chi connectivity index (χ0v) is 11.5. The number of benzene rings is 1. The monoisotopic (exact) mass is 310 g/mol. The molecule has 0 unspecified atom stereocenters. The van der Waals surface area contributed by atoms with Crippen LogP contribution in [0, 0.1) is 6.92 Å². The third-order valence-electron chi connectivity index (χ3n) is 2.51. The summed E-state index contributed by atoms with van der Waals surface area (Å²) < 4.78 is 10.8. The van der Waals surface area contributed by atoms with Gasteiger partial charge < -0.3 is 9.15 Å². The number of ketones is 1. The molecule has 0 radical (unpaired) electrons. The van der Waals surface area contributed by atoms with Crippen molar-refractivity contribution in [2.75, 3.05) is 6.61 Å². The van der Waals surface area contributed by atoms with Crippen LogP contribution in [0.25, 0.3) is 11.0 Å². The van der Waals surface area contributed by atoms with Gasteiger partial charge in [-0.2, -0.15) is 0 Å². The number of rotatable bonds is 3. The van der Waals surface area contributed by atoms with Gasteiger partial charge in [-0.1, -0.05) is 0 Å². The van der Waals surface area contributed by atoms with Crippen LogP contribution < -0.4 is 10.4 Å². The van der Waals surface area contributed by atoms with E-state index in [1.54, 1.807) is 18.2 Å². The normalized spacial score (nSPS) is 10.6. The quantitative estimate of drug-likeness (QED) is 0.818. The van der Waals surface area contributed by atoms with Gasteiger partial charge in [-0.15, -0.1) is 0 Å². The van der Waals surface area contributed by atoms with Crippen molar-refractivity contribution >= 4 is 32.7 Å². The first-order valence-corrected chi connectivity index (χ1v) is 6.13. The fraction of sp³-hybridized carbons (Fsp3) is 0.231. The van der Waals surface area contributed by atoms with E-state index in [1.807, 2.05) is 6.92 Å². The van der Waals surface area contributed by atoms with Crippen LogP contribution in [0.3, 0.4) is 0 Å². The second-order valence-corrected chi connectivity index (χ2v) is 4.77. The molecule has 94 valence electrons. The number of fused-ring (bicyclic) bond motifs is 1. The zero-order valence-electron chi connectivity index (χ0n) is 9.95. The van der Waals surface area contributed by atoms with Gasteiger partial charge in [-0.3, -0.25) is 4.79 Å². The number of carbonyl (C=O) groups excluding carboxylic acids is 1. The molecule has 0 saturated carbocycles. The number of aryl methyl sites for hydroxylation is 1. The zero-order chi connectivity index (χ0) is 13.3. The van der Waals surface area contributed by atoms with E-state index in [9.17, 15) is 9.59 Å². The van der Waals surface area contributed by atoms with E-state index in [1.165, 1.54) is 6.92 Å². The van der Waals surface area contributed by atoms with Gasteiger partial charge >= 0.3 is 5.63 Å². The molecule has 1 aromatic heterocycles. The molecule has 18 heavy (non-hydrogen) atoms. The number of hydrogen-bond acceptors (Lipinski definition) is 4. The average Bonchev–Trinajstić information content (AvgIpc) is 2.33. The average molecular weight is 311 g/mol. The van der Waals surface area contributed by atoms with Crippen LogP contribution in [0.5, 0.6) is 5.75 Å². The number of halogens is 1. The van der Waals surface area contributed by atoms with Crippen LogP contribution in [0.4, 0.5) is 0 Å².